The Balaban J connectivity index is 1.06. The van der Waals surface area contributed by atoms with Crippen LogP contribution in [0.5, 0.6) is 0 Å². The Hall–Kier alpha value is -3.51. The molecular weight excluding hydrogens is 496 g/mol. The van der Waals surface area contributed by atoms with Crippen LogP contribution in [-0.2, 0) is 21.2 Å². The van der Waals surface area contributed by atoms with E-state index in [4.69, 9.17) is 4.74 Å². The summed E-state index contributed by atoms with van der Waals surface area (Å²) in [4.78, 5) is 31.7. The number of hydrogen-bond acceptors (Lipinski definition) is 8. The zero-order chi connectivity index (χ0) is 26.0. The molecule has 0 radical (unpaired) electrons. The van der Waals surface area contributed by atoms with Gasteiger partial charge in [-0.15, -0.1) is 0 Å². The molecule has 0 bridgehead atoms. The Morgan fingerprint density at radius 2 is 1.59 bits per heavy atom. The molecule has 0 saturated carbocycles. The summed E-state index contributed by atoms with van der Waals surface area (Å²) in [5.41, 5.74) is 2.77. The molecule has 3 aromatic rings. The summed E-state index contributed by atoms with van der Waals surface area (Å²) in [6, 6.07) is 12.1. The SMILES string of the molecule is CS(=O)(=O)c1ccc(COC(=O)N2CCC(N3CCN(C(=O)c4ccc5n[nH]nc5c4)CC3)CC2)cc1. The van der Waals surface area contributed by atoms with Gasteiger partial charge in [-0.05, 0) is 48.7 Å². The second-order valence-corrected chi connectivity index (χ2v) is 11.6. The molecule has 0 atom stereocenters. The van der Waals surface area contributed by atoms with Gasteiger partial charge in [0.25, 0.3) is 5.91 Å². The Morgan fingerprint density at radius 1 is 0.919 bits per heavy atom. The summed E-state index contributed by atoms with van der Waals surface area (Å²) in [5.74, 6) is 0.00748. The highest BCUT2D eigenvalue weighted by Gasteiger charge is 2.31. The number of hydrogen-bond donors (Lipinski definition) is 1. The Bertz CT molecular complexity index is 1370. The lowest BCUT2D eigenvalue weighted by atomic mass is 10.0. The number of piperazine rings is 1. The lowest BCUT2D eigenvalue weighted by Gasteiger charge is -2.42. The number of likely N-dealkylation sites (tertiary alicyclic amines) is 1. The van der Waals surface area contributed by atoms with Crippen molar-refractivity contribution in [1.82, 2.24) is 30.1 Å². The molecule has 2 aliphatic rings. The molecule has 0 aliphatic carbocycles. The third-order valence-electron chi connectivity index (χ3n) is 7.12. The zero-order valence-electron chi connectivity index (χ0n) is 20.7. The average molecular weight is 527 g/mol. The summed E-state index contributed by atoms with van der Waals surface area (Å²) in [6.45, 7) is 4.27. The van der Waals surface area contributed by atoms with Crippen LogP contribution in [-0.4, -0.2) is 102 Å². The van der Waals surface area contributed by atoms with Gasteiger partial charge in [0.2, 0.25) is 0 Å². The molecule has 196 valence electrons. The molecule has 12 heteroatoms. The topological polar surface area (TPSA) is 129 Å². The zero-order valence-corrected chi connectivity index (χ0v) is 21.5. The van der Waals surface area contributed by atoms with Crippen LogP contribution < -0.4 is 0 Å². The first-order chi connectivity index (χ1) is 17.8. The van der Waals surface area contributed by atoms with Crippen molar-refractivity contribution in [2.45, 2.75) is 30.4 Å². The number of nitrogens with zero attached hydrogens (tertiary/aromatic N) is 5. The summed E-state index contributed by atoms with van der Waals surface area (Å²) in [5, 5.41) is 10.7. The number of benzene rings is 2. The quantitative estimate of drug-likeness (QED) is 0.534. The van der Waals surface area contributed by atoms with Gasteiger partial charge in [-0.1, -0.05) is 12.1 Å². The molecule has 2 saturated heterocycles. The van der Waals surface area contributed by atoms with E-state index in [0.29, 0.717) is 43.3 Å². The highest BCUT2D eigenvalue weighted by atomic mass is 32.2. The van der Waals surface area contributed by atoms with E-state index in [1.807, 2.05) is 4.90 Å². The number of carbonyl (C=O) groups excluding carboxylic acids is 2. The van der Waals surface area contributed by atoms with Gasteiger partial charge < -0.3 is 14.5 Å². The predicted molar refractivity (Wildman–Crippen MR) is 136 cm³/mol. The largest absolute Gasteiger partial charge is 0.445 e. The van der Waals surface area contributed by atoms with Crippen molar-refractivity contribution in [3.63, 3.8) is 0 Å². The maximum atomic E-state index is 13.0. The molecule has 3 heterocycles. The molecule has 0 spiro atoms. The van der Waals surface area contributed by atoms with Crippen molar-refractivity contribution in [3.05, 3.63) is 53.6 Å². The van der Waals surface area contributed by atoms with Gasteiger partial charge >= 0.3 is 6.09 Å². The van der Waals surface area contributed by atoms with Gasteiger partial charge in [0.1, 0.15) is 17.6 Å². The van der Waals surface area contributed by atoms with E-state index in [1.54, 1.807) is 35.2 Å². The second kappa shape index (κ2) is 10.5. The minimum atomic E-state index is -3.25. The molecule has 37 heavy (non-hydrogen) atoms. The van der Waals surface area contributed by atoms with E-state index in [9.17, 15) is 18.0 Å². The Morgan fingerprint density at radius 3 is 2.27 bits per heavy atom. The highest BCUT2D eigenvalue weighted by Crippen LogP contribution is 2.21. The molecule has 2 amide bonds. The van der Waals surface area contributed by atoms with Gasteiger partial charge in [0.15, 0.2) is 9.84 Å². The van der Waals surface area contributed by atoms with Crippen LogP contribution in [0.15, 0.2) is 47.4 Å². The Kier molecular flexibility index (Phi) is 7.11. The van der Waals surface area contributed by atoms with Crippen LogP contribution in [0.4, 0.5) is 4.79 Å². The van der Waals surface area contributed by atoms with Gasteiger partial charge in [-0.25, -0.2) is 13.2 Å². The molecular formula is C25H30N6O5S. The van der Waals surface area contributed by atoms with Crippen molar-refractivity contribution in [2.24, 2.45) is 0 Å². The number of rotatable bonds is 5. The summed E-state index contributed by atoms with van der Waals surface area (Å²) < 4.78 is 28.6. The molecule has 11 nitrogen and oxygen atoms in total. The number of fused-ring (bicyclic) bond motifs is 1. The van der Waals surface area contributed by atoms with Crippen LogP contribution in [0.3, 0.4) is 0 Å². The maximum Gasteiger partial charge on any atom is 0.410 e. The van der Waals surface area contributed by atoms with Gasteiger partial charge in [-0.3, -0.25) is 9.69 Å². The number of piperidine rings is 1. The molecule has 0 unspecified atom stereocenters. The number of nitrogens with one attached hydrogen (secondary N) is 1. The van der Waals surface area contributed by atoms with Gasteiger partial charge in [-0.2, -0.15) is 15.4 Å². The van der Waals surface area contributed by atoms with Crippen molar-refractivity contribution in [3.8, 4) is 0 Å². The van der Waals surface area contributed by atoms with Crippen LogP contribution in [0.2, 0.25) is 0 Å². The lowest BCUT2D eigenvalue weighted by molar-refractivity contribution is 0.0401. The molecule has 2 aromatic carbocycles. The second-order valence-electron chi connectivity index (χ2n) is 9.54. The average Bonchev–Trinajstić information content (AvgIpc) is 3.39. The number of aromatic amines is 1. The molecule has 1 aromatic heterocycles. The monoisotopic (exact) mass is 526 g/mol. The number of H-pyrrole nitrogens is 1. The van der Waals surface area contributed by atoms with Crippen molar-refractivity contribution >= 4 is 32.9 Å². The third-order valence-corrected chi connectivity index (χ3v) is 8.25. The minimum Gasteiger partial charge on any atom is -0.445 e. The number of amides is 2. The van der Waals surface area contributed by atoms with Crippen molar-refractivity contribution in [2.75, 3.05) is 45.5 Å². The van der Waals surface area contributed by atoms with E-state index < -0.39 is 9.84 Å². The van der Waals surface area contributed by atoms with Crippen LogP contribution in [0.1, 0.15) is 28.8 Å². The van der Waals surface area contributed by atoms with E-state index >= 15 is 0 Å². The van der Waals surface area contributed by atoms with Gasteiger partial charge in [0.05, 0.1) is 4.90 Å². The molecule has 1 N–H and O–H groups in total. The summed E-state index contributed by atoms with van der Waals surface area (Å²) in [6.07, 6.45) is 2.51. The minimum absolute atomic E-state index is 0.00748. The van der Waals surface area contributed by atoms with E-state index in [1.165, 1.54) is 12.1 Å². The fourth-order valence-corrected chi connectivity index (χ4v) is 5.56. The first-order valence-corrected chi connectivity index (χ1v) is 14.2. The normalized spacial score (nSPS) is 17.8. The fourth-order valence-electron chi connectivity index (χ4n) is 4.93. The first-order valence-electron chi connectivity index (χ1n) is 12.3. The van der Waals surface area contributed by atoms with E-state index in [-0.39, 0.29) is 23.5 Å². The lowest BCUT2D eigenvalue weighted by Crippen LogP contribution is -2.54. The third kappa shape index (κ3) is 5.75. The Labute approximate surface area is 215 Å². The number of ether oxygens (including phenoxy) is 1. The smallest absolute Gasteiger partial charge is 0.410 e. The van der Waals surface area contributed by atoms with Crippen LogP contribution in [0, 0.1) is 0 Å². The fraction of sp³-hybridized carbons (Fsp3) is 0.440. The number of sulfone groups is 1. The van der Waals surface area contributed by atoms with Gasteiger partial charge in [0, 0.05) is 57.1 Å². The number of aromatic nitrogens is 3. The van der Waals surface area contributed by atoms with Crippen LogP contribution >= 0.6 is 0 Å². The number of carbonyl (C=O) groups is 2. The standard InChI is InChI=1S/C25H30N6O5S/c1-37(34,35)21-5-2-18(3-6-21)17-36-25(33)31-10-8-20(9-11-31)29-12-14-30(15-13-29)24(32)19-4-7-22-23(16-19)27-28-26-22/h2-7,16,20H,8-15,17H2,1H3,(H,26,27,28). The molecule has 2 aliphatic heterocycles. The summed E-state index contributed by atoms with van der Waals surface area (Å²) >= 11 is 0. The summed E-state index contributed by atoms with van der Waals surface area (Å²) in [7, 11) is -3.25. The van der Waals surface area contributed by atoms with E-state index in [2.05, 4.69) is 20.3 Å². The molecule has 2 fully saturated rings. The highest BCUT2D eigenvalue weighted by molar-refractivity contribution is 7.90. The van der Waals surface area contributed by atoms with Crippen LogP contribution in [0.25, 0.3) is 11.0 Å². The van der Waals surface area contributed by atoms with E-state index in [0.717, 1.165) is 43.3 Å². The van der Waals surface area contributed by atoms with Crippen molar-refractivity contribution < 1.29 is 22.7 Å². The predicted octanol–water partition coefficient (Wildman–Crippen LogP) is 1.92. The maximum absolute atomic E-state index is 13.0. The molecule has 5 rings (SSSR count). The first kappa shape index (κ1) is 25.2. The van der Waals surface area contributed by atoms with Crippen molar-refractivity contribution in [1.29, 1.82) is 0 Å².